The van der Waals surface area contributed by atoms with E-state index in [2.05, 4.69) is 79.6 Å². The quantitative estimate of drug-likeness (QED) is 0.276. The topological polar surface area (TPSA) is 58.9 Å². The maximum absolute atomic E-state index is 11.3. The first-order chi connectivity index (χ1) is 11.6. The first-order valence-electron chi connectivity index (χ1n) is 10.2. The number of hydrogen-bond donors (Lipinski definition) is 0. The van der Waals surface area contributed by atoms with Crippen LogP contribution in [0.4, 0.5) is 0 Å². The molecule has 0 aromatic heterocycles. The first-order valence-corrected chi connectivity index (χ1v) is 10.2. The molecule has 0 rings (SSSR count). The predicted molar refractivity (Wildman–Crippen MR) is 113 cm³/mol. The lowest BCUT2D eigenvalue weighted by molar-refractivity contribution is 0.142. The molecule has 4 nitrogen and oxygen atoms in total. The van der Waals surface area contributed by atoms with E-state index in [1.54, 1.807) is 0 Å². The Morgan fingerprint density at radius 2 is 0.808 bits per heavy atom. The van der Waals surface area contributed by atoms with E-state index >= 15 is 0 Å². The van der Waals surface area contributed by atoms with Crippen LogP contribution in [0.3, 0.4) is 0 Å². The van der Waals surface area contributed by atoms with Crippen molar-refractivity contribution in [3.8, 4) is 0 Å². The molecule has 0 saturated heterocycles. The zero-order chi connectivity index (χ0) is 20.8. The van der Waals surface area contributed by atoms with Crippen LogP contribution in [0.15, 0.2) is 10.4 Å². The molecule has 0 bridgehead atoms. The van der Waals surface area contributed by atoms with Gasteiger partial charge in [-0.15, -0.1) is 0 Å². The van der Waals surface area contributed by atoms with Gasteiger partial charge < -0.3 is 0 Å². The Morgan fingerprint density at radius 3 is 1.00 bits per heavy atom. The van der Waals surface area contributed by atoms with Gasteiger partial charge in [0.1, 0.15) is 12.1 Å². The molecule has 154 valence electrons. The number of hydrogen-bond acceptors (Lipinski definition) is 4. The number of rotatable bonds is 11. The van der Waals surface area contributed by atoms with Crippen molar-refractivity contribution in [3.63, 3.8) is 0 Å². The van der Waals surface area contributed by atoms with Crippen LogP contribution in [-0.2, 0) is 0 Å². The third-order valence-corrected chi connectivity index (χ3v) is 5.72. The Balaban J connectivity index is 4.40. The first kappa shape index (κ1) is 25.2. The van der Waals surface area contributed by atoms with Gasteiger partial charge in [0, 0.05) is 0 Å². The molecule has 0 heterocycles. The van der Waals surface area contributed by atoms with Crippen LogP contribution in [-0.4, -0.2) is 12.1 Å². The van der Waals surface area contributed by atoms with Crippen molar-refractivity contribution >= 4 is 0 Å². The van der Waals surface area contributed by atoms with Crippen LogP contribution in [0.25, 0.3) is 0 Å². The lowest BCUT2D eigenvalue weighted by Crippen LogP contribution is -2.38. The zero-order valence-corrected chi connectivity index (χ0v) is 19.1. The lowest BCUT2D eigenvalue weighted by atomic mass is 9.68. The highest BCUT2D eigenvalue weighted by Gasteiger charge is 2.40. The molecule has 2 atom stereocenters. The minimum atomic E-state index is -0.167. The van der Waals surface area contributed by atoms with E-state index in [1.807, 2.05) is 0 Å². The Kier molecular flexibility index (Phi) is 9.12. The van der Waals surface area contributed by atoms with E-state index in [0.717, 1.165) is 38.5 Å². The lowest BCUT2D eigenvalue weighted by Gasteiger charge is -2.38. The molecule has 0 saturated carbocycles. The molecule has 0 amide bonds. The summed E-state index contributed by atoms with van der Waals surface area (Å²) in [7, 11) is 0. The van der Waals surface area contributed by atoms with Gasteiger partial charge in [0.15, 0.2) is 0 Å². The fourth-order valence-corrected chi connectivity index (χ4v) is 4.73. The molecular formula is C22H44N2O2. The maximum Gasteiger partial charge on any atom is 0.102 e. The summed E-state index contributed by atoms with van der Waals surface area (Å²) in [6.07, 6.45) is 6.58. The summed E-state index contributed by atoms with van der Waals surface area (Å²) < 4.78 is 0. The third-order valence-electron chi connectivity index (χ3n) is 5.72. The Bertz CT molecular complexity index is 400. The van der Waals surface area contributed by atoms with Crippen molar-refractivity contribution in [2.75, 3.05) is 0 Å². The monoisotopic (exact) mass is 368 g/mol. The minimum absolute atomic E-state index is 0.0714. The number of nitrogens with zero attached hydrogens (tertiary/aromatic N) is 2. The van der Waals surface area contributed by atoms with Crippen LogP contribution >= 0.6 is 0 Å². The molecule has 0 aliphatic carbocycles. The SMILES string of the molecule is CC(C)(C)C(N=O)C(C)(C)CCCCCCC(C)(C)C(N=O)C(C)(C)C. The standard InChI is InChI=1S/C22H44N2O2/c1-19(2,3)17(23-25)21(7,8)15-13-11-12-14-16-22(9,10)18(24-26)20(4,5)6/h17-18H,11-16H2,1-10H3. The van der Waals surface area contributed by atoms with Crippen molar-refractivity contribution in [1.82, 2.24) is 0 Å². The average Bonchev–Trinajstić information content (AvgIpc) is 2.39. The maximum atomic E-state index is 11.3. The van der Waals surface area contributed by atoms with Gasteiger partial charge in [-0.05, 0) is 34.5 Å². The second-order valence-corrected chi connectivity index (χ2v) is 11.6. The van der Waals surface area contributed by atoms with E-state index in [4.69, 9.17) is 0 Å². The molecule has 0 aromatic carbocycles. The summed E-state index contributed by atoms with van der Waals surface area (Å²) in [5.74, 6) is 0. The summed E-state index contributed by atoms with van der Waals surface area (Å²) in [6, 6.07) is -0.333. The normalized spacial score (nSPS) is 16.2. The summed E-state index contributed by atoms with van der Waals surface area (Å²) in [6.45, 7) is 21.2. The van der Waals surface area contributed by atoms with Crippen LogP contribution in [0.1, 0.15) is 108 Å². The van der Waals surface area contributed by atoms with Crippen LogP contribution < -0.4 is 0 Å². The van der Waals surface area contributed by atoms with Crippen LogP contribution in [0.2, 0.25) is 0 Å². The third kappa shape index (κ3) is 7.84. The molecule has 0 fully saturated rings. The van der Waals surface area contributed by atoms with E-state index in [9.17, 15) is 9.81 Å². The zero-order valence-electron chi connectivity index (χ0n) is 19.1. The molecule has 0 aliphatic heterocycles. The Labute approximate surface area is 162 Å². The van der Waals surface area contributed by atoms with Crippen molar-refractivity contribution in [2.45, 2.75) is 120 Å². The van der Waals surface area contributed by atoms with Crippen molar-refractivity contribution in [1.29, 1.82) is 0 Å². The summed E-state index contributed by atoms with van der Waals surface area (Å²) in [5.41, 5.74) is -0.339. The largest absolute Gasteiger partial charge is 0.150 e. The van der Waals surface area contributed by atoms with Gasteiger partial charge in [-0.2, -0.15) is 9.81 Å². The van der Waals surface area contributed by atoms with Crippen LogP contribution in [0, 0.1) is 31.5 Å². The second-order valence-electron chi connectivity index (χ2n) is 11.6. The van der Waals surface area contributed by atoms with Gasteiger partial charge >= 0.3 is 0 Å². The summed E-state index contributed by atoms with van der Waals surface area (Å²) in [4.78, 5) is 22.7. The fraction of sp³-hybridized carbons (Fsp3) is 1.00. The Morgan fingerprint density at radius 1 is 0.538 bits per heavy atom. The van der Waals surface area contributed by atoms with Gasteiger partial charge in [0.2, 0.25) is 0 Å². The highest BCUT2D eigenvalue weighted by Crippen LogP contribution is 2.41. The molecule has 0 aromatic rings. The van der Waals surface area contributed by atoms with Gasteiger partial charge in [-0.3, -0.25) is 0 Å². The molecule has 2 unspecified atom stereocenters. The predicted octanol–water partition coefficient (Wildman–Crippen LogP) is 7.74. The summed E-state index contributed by atoms with van der Waals surface area (Å²) in [5, 5.41) is 6.88. The molecule has 0 spiro atoms. The van der Waals surface area contributed by atoms with Crippen molar-refractivity contribution in [2.24, 2.45) is 32.0 Å². The molecule has 4 heteroatoms. The highest BCUT2D eigenvalue weighted by molar-refractivity contribution is 4.93. The van der Waals surface area contributed by atoms with Gasteiger partial charge in [0.25, 0.3) is 0 Å². The second kappa shape index (κ2) is 9.41. The van der Waals surface area contributed by atoms with Crippen molar-refractivity contribution < 1.29 is 0 Å². The molecular weight excluding hydrogens is 324 g/mol. The fourth-order valence-electron chi connectivity index (χ4n) is 4.73. The van der Waals surface area contributed by atoms with E-state index < -0.39 is 0 Å². The van der Waals surface area contributed by atoms with E-state index in [-0.39, 0.29) is 33.7 Å². The molecule has 0 aliphatic rings. The smallest absolute Gasteiger partial charge is 0.102 e. The highest BCUT2D eigenvalue weighted by atomic mass is 16.3. The minimum Gasteiger partial charge on any atom is -0.150 e. The van der Waals surface area contributed by atoms with Crippen molar-refractivity contribution in [3.05, 3.63) is 9.81 Å². The van der Waals surface area contributed by atoms with Crippen LogP contribution in [0.5, 0.6) is 0 Å². The molecule has 26 heavy (non-hydrogen) atoms. The van der Waals surface area contributed by atoms with E-state index in [0.29, 0.717) is 0 Å². The Hall–Kier alpha value is -0.800. The van der Waals surface area contributed by atoms with Gasteiger partial charge in [-0.1, -0.05) is 105 Å². The molecule has 0 radical (unpaired) electrons. The number of unbranched alkanes of at least 4 members (excludes halogenated alkanes) is 3. The average molecular weight is 369 g/mol. The van der Waals surface area contributed by atoms with E-state index in [1.165, 1.54) is 0 Å². The van der Waals surface area contributed by atoms with Gasteiger partial charge in [-0.25, -0.2) is 0 Å². The summed E-state index contributed by atoms with van der Waals surface area (Å²) >= 11 is 0. The van der Waals surface area contributed by atoms with Gasteiger partial charge in [0.05, 0.1) is 0 Å². The molecule has 0 N–H and O–H groups in total. The number of nitroso groups, excluding NO2 is 2.